The maximum absolute atomic E-state index is 12.2. The predicted octanol–water partition coefficient (Wildman–Crippen LogP) is 5.28. The first-order valence-electron chi connectivity index (χ1n) is 13.9. The van der Waals surface area contributed by atoms with Crippen LogP contribution < -0.4 is 16.8 Å². The second-order valence-corrected chi connectivity index (χ2v) is 9.44. The number of nitrogens with one attached hydrogen (secondary N) is 1. The normalized spacial score (nSPS) is 13.1. The Bertz CT molecular complexity index is 537. The van der Waals surface area contributed by atoms with E-state index in [0.717, 1.165) is 38.5 Å². The summed E-state index contributed by atoms with van der Waals surface area (Å²) in [6, 6.07) is -0.662. The van der Waals surface area contributed by atoms with Crippen molar-refractivity contribution in [1.82, 2.24) is 5.32 Å². The monoisotopic (exact) mass is 478 g/mol. The molecule has 0 aliphatic rings. The second kappa shape index (κ2) is 24.6. The molecule has 0 fully saturated rings. The van der Waals surface area contributed by atoms with E-state index in [1.54, 1.807) is 6.29 Å². The highest BCUT2D eigenvalue weighted by Crippen LogP contribution is 2.11. The van der Waals surface area contributed by atoms with Gasteiger partial charge in [0.15, 0.2) is 5.78 Å². The average Bonchev–Trinajstić information content (AvgIpc) is 2.84. The van der Waals surface area contributed by atoms with Crippen LogP contribution in [0, 0.1) is 5.92 Å². The van der Waals surface area contributed by atoms with Crippen LogP contribution in [0.25, 0.3) is 0 Å². The van der Waals surface area contributed by atoms with Crippen molar-refractivity contribution in [2.24, 2.45) is 17.4 Å². The number of amides is 1. The van der Waals surface area contributed by atoms with Crippen LogP contribution in [-0.4, -0.2) is 37.1 Å². The van der Waals surface area contributed by atoms with Gasteiger partial charge >= 0.3 is 0 Å². The highest BCUT2D eigenvalue weighted by Gasteiger charge is 2.24. The van der Waals surface area contributed by atoms with Crippen LogP contribution in [0.3, 0.4) is 0 Å². The summed E-state index contributed by atoms with van der Waals surface area (Å²) in [5, 5.41) is 2.81. The molecule has 0 aromatic heterocycles. The standard InChI is InChI=1S/C28H52N3O3/c1-2-3-4-5-6-7-8-9-10-11-12-13-14-15-16-20-27(33)31-23-21-25(24-32)28(34)26(30)19-17-18-22-29/h9-10,25-26H,2-8,11-23,29-30H2,1H3,(H,31,33)/b10-9-/t25?,26-/m0/s1. The van der Waals surface area contributed by atoms with Crippen LogP contribution in [-0.2, 0) is 14.4 Å². The molecule has 0 rings (SSSR count). The molecule has 0 saturated heterocycles. The quantitative estimate of drug-likeness (QED) is 0.0937. The highest BCUT2D eigenvalue weighted by molar-refractivity contribution is 5.96. The summed E-state index contributed by atoms with van der Waals surface area (Å²) in [5.41, 5.74) is 11.3. The molecule has 0 aromatic carbocycles. The van der Waals surface area contributed by atoms with Crippen LogP contribution in [0.4, 0.5) is 0 Å². The third-order valence-electron chi connectivity index (χ3n) is 6.24. The molecule has 1 unspecified atom stereocenters. The minimum atomic E-state index is -0.868. The van der Waals surface area contributed by atoms with E-state index >= 15 is 0 Å². The molecule has 34 heavy (non-hydrogen) atoms. The summed E-state index contributed by atoms with van der Waals surface area (Å²) in [7, 11) is 0. The Morgan fingerprint density at radius 2 is 1.41 bits per heavy atom. The fraction of sp³-hybridized carbons (Fsp3) is 0.821. The Kier molecular flexibility index (Phi) is 23.5. The smallest absolute Gasteiger partial charge is 0.219 e. The van der Waals surface area contributed by atoms with Crippen molar-refractivity contribution in [2.75, 3.05) is 13.1 Å². The molecule has 0 heterocycles. The van der Waals surface area contributed by atoms with Crippen molar-refractivity contribution in [3.05, 3.63) is 12.2 Å². The van der Waals surface area contributed by atoms with E-state index in [-0.39, 0.29) is 18.1 Å². The van der Waals surface area contributed by atoms with Crippen LogP contribution in [0.5, 0.6) is 0 Å². The van der Waals surface area contributed by atoms with Crippen molar-refractivity contribution >= 4 is 18.0 Å². The molecule has 0 aromatic rings. The maximum atomic E-state index is 12.2. The minimum absolute atomic E-state index is 0.0260. The number of nitrogens with two attached hydrogens (primary N) is 2. The topological polar surface area (TPSA) is 115 Å². The summed E-state index contributed by atoms with van der Waals surface area (Å²) >= 11 is 0. The fourth-order valence-electron chi connectivity index (χ4n) is 3.97. The number of ketones is 1. The van der Waals surface area contributed by atoms with Crippen molar-refractivity contribution in [1.29, 1.82) is 0 Å². The molecule has 0 bridgehead atoms. The zero-order valence-electron chi connectivity index (χ0n) is 21.8. The summed E-state index contributed by atoms with van der Waals surface area (Å²) in [4.78, 5) is 35.4. The molecule has 1 amide bonds. The van der Waals surface area contributed by atoms with Gasteiger partial charge in [-0.3, -0.25) is 14.4 Å². The van der Waals surface area contributed by atoms with Crippen LogP contribution >= 0.6 is 0 Å². The molecule has 5 N–H and O–H groups in total. The Labute approximate surface area is 209 Å². The molecular weight excluding hydrogens is 426 g/mol. The van der Waals surface area contributed by atoms with E-state index in [9.17, 15) is 14.4 Å². The molecule has 1 radical (unpaired) electrons. The largest absolute Gasteiger partial charge is 0.356 e. The van der Waals surface area contributed by atoms with Crippen molar-refractivity contribution in [3.8, 4) is 0 Å². The average molecular weight is 479 g/mol. The molecule has 0 aliphatic heterocycles. The molecule has 0 saturated carbocycles. The van der Waals surface area contributed by atoms with Crippen LogP contribution in [0.2, 0.25) is 0 Å². The first-order valence-corrected chi connectivity index (χ1v) is 13.9. The SMILES string of the molecule is CCCCCCCC/C=C\CCCCCCCC(=O)NCCC([C]=O)C(=O)[C@@H](N)CCCCN. The minimum Gasteiger partial charge on any atom is -0.356 e. The second-order valence-electron chi connectivity index (χ2n) is 9.44. The van der Waals surface area contributed by atoms with E-state index in [4.69, 9.17) is 11.5 Å². The number of rotatable bonds is 25. The number of hydrogen-bond acceptors (Lipinski definition) is 5. The zero-order chi connectivity index (χ0) is 25.3. The summed E-state index contributed by atoms with van der Waals surface area (Å²) in [6.45, 7) is 3.11. The molecule has 0 aliphatic carbocycles. The summed E-state index contributed by atoms with van der Waals surface area (Å²) in [5.74, 6) is -1.19. The van der Waals surface area contributed by atoms with Gasteiger partial charge in [-0.15, -0.1) is 0 Å². The van der Waals surface area contributed by atoms with E-state index in [2.05, 4.69) is 24.4 Å². The van der Waals surface area contributed by atoms with Gasteiger partial charge in [-0.25, -0.2) is 0 Å². The Balaban J connectivity index is 3.63. The van der Waals surface area contributed by atoms with Crippen molar-refractivity contribution < 1.29 is 14.4 Å². The van der Waals surface area contributed by atoms with Crippen molar-refractivity contribution in [2.45, 2.75) is 129 Å². The van der Waals surface area contributed by atoms with Gasteiger partial charge in [0.2, 0.25) is 12.2 Å². The number of hydrogen-bond donors (Lipinski definition) is 3. The fourth-order valence-corrected chi connectivity index (χ4v) is 3.97. The van der Waals surface area contributed by atoms with Gasteiger partial charge in [-0.2, -0.15) is 0 Å². The maximum Gasteiger partial charge on any atom is 0.219 e. The van der Waals surface area contributed by atoms with E-state index in [0.29, 0.717) is 25.9 Å². The molecular formula is C28H52N3O3. The third kappa shape index (κ3) is 19.9. The Morgan fingerprint density at radius 3 is 2.00 bits per heavy atom. The van der Waals surface area contributed by atoms with Gasteiger partial charge in [0.05, 0.1) is 12.0 Å². The zero-order valence-corrected chi connectivity index (χ0v) is 21.8. The molecule has 2 atom stereocenters. The lowest BCUT2D eigenvalue weighted by Gasteiger charge is -2.15. The van der Waals surface area contributed by atoms with Crippen molar-refractivity contribution in [3.63, 3.8) is 0 Å². The highest BCUT2D eigenvalue weighted by atomic mass is 16.2. The van der Waals surface area contributed by atoms with Crippen LogP contribution in [0.1, 0.15) is 122 Å². The van der Waals surface area contributed by atoms with Gasteiger partial charge < -0.3 is 16.8 Å². The summed E-state index contributed by atoms with van der Waals surface area (Å²) in [6.07, 6.45) is 25.2. The number of carbonyl (C=O) groups excluding carboxylic acids is 3. The lowest BCUT2D eigenvalue weighted by atomic mass is 9.93. The number of Topliss-reactive ketones (excluding diaryl/α,β-unsaturated/α-hetero) is 1. The number of unbranched alkanes of at least 4 members (excludes halogenated alkanes) is 12. The van der Waals surface area contributed by atoms with E-state index in [1.807, 2.05) is 0 Å². The third-order valence-corrected chi connectivity index (χ3v) is 6.24. The lowest BCUT2D eigenvalue weighted by Crippen LogP contribution is -2.38. The number of allylic oxidation sites excluding steroid dienone is 2. The lowest BCUT2D eigenvalue weighted by molar-refractivity contribution is -0.123. The first-order chi connectivity index (χ1) is 16.6. The first kappa shape index (κ1) is 32.5. The van der Waals surface area contributed by atoms with E-state index in [1.165, 1.54) is 57.8 Å². The van der Waals surface area contributed by atoms with Gasteiger partial charge in [0.1, 0.15) is 0 Å². The molecule has 6 nitrogen and oxygen atoms in total. The predicted molar refractivity (Wildman–Crippen MR) is 142 cm³/mol. The summed E-state index contributed by atoms with van der Waals surface area (Å²) < 4.78 is 0. The van der Waals surface area contributed by atoms with Gasteiger partial charge in [0, 0.05) is 13.0 Å². The molecule has 6 heteroatoms. The molecule has 0 spiro atoms. The number of carbonyl (C=O) groups is 2. The van der Waals surface area contributed by atoms with Gasteiger partial charge in [0.25, 0.3) is 0 Å². The van der Waals surface area contributed by atoms with E-state index < -0.39 is 12.0 Å². The Morgan fingerprint density at radius 1 is 0.824 bits per heavy atom. The van der Waals surface area contributed by atoms with Gasteiger partial charge in [-0.05, 0) is 57.9 Å². The molecule has 197 valence electrons. The van der Waals surface area contributed by atoms with Crippen LogP contribution in [0.15, 0.2) is 12.2 Å². The Hall–Kier alpha value is -1.53. The van der Waals surface area contributed by atoms with Gasteiger partial charge in [-0.1, -0.05) is 76.9 Å².